The molecule has 0 radical (unpaired) electrons. The minimum atomic E-state index is -2.81. The summed E-state index contributed by atoms with van der Waals surface area (Å²) < 4.78 is 21.6. The summed E-state index contributed by atoms with van der Waals surface area (Å²) in [5, 5.41) is 0. The minimum Gasteiger partial charge on any atom is -0.229 e. The van der Waals surface area contributed by atoms with Crippen molar-refractivity contribution in [1.82, 2.24) is 5.48 Å². The second-order valence-electron chi connectivity index (χ2n) is 1.75. The van der Waals surface area contributed by atoms with Crippen LogP contribution in [-0.4, -0.2) is 17.0 Å². The minimum absolute atomic E-state index is 0.629. The third kappa shape index (κ3) is 7.87. The van der Waals surface area contributed by atoms with Gasteiger partial charge in [-0.3, -0.25) is 0 Å². The number of hydrogen-bond donors (Lipinski definition) is 2. The van der Waals surface area contributed by atoms with Crippen LogP contribution in [0.2, 0.25) is 0 Å². The molecule has 0 bridgehead atoms. The molecular weight excluding hydrogens is 140 g/mol. The van der Waals surface area contributed by atoms with E-state index >= 15 is 0 Å². The van der Waals surface area contributed by atoms with Crippen LogP contribution in [-0.2, 0) is 14.3 Å². The zero-order chi connectivity index (χ0) is 7.33. The van der Waals surface area contributed by atoms with E-state index in [0.29, 0.717) is 6.54 Å². The van der Waals surface area contributed by atoms with Crippen LogP contribution in [0.1, 0.15) is 13.3 Å². The van der Waals surface area contributed by atoms with Gasteiger partial charge >= 0.3 is 0 Å². The topological polar surface area (TPSA) is 62.2 Å². The van der Waals surface area contributed by atoms with E-state index in [0.717, 1.165) is 6.42 Å². The van der Waals surface area contributed by atoms with Gasteiger partial charge in [-0.25, -0.2) is 8.99 Å². The molecule has 56 valence electrons. The summed E-state index contributed by atoms with van der Waals surface area (Å²) in [5.41, 5.74) is 2.41. The Morgan fingerprint density at radius 2 is 2.33 bits per heavy atom. The fraction of sp³-hybridized carbons (Fsp3) is 1.00. The van der Waals surface area contributed by atoms with Crippen LogP contribution in [0.5, 0.6) is 0 Å². The summed E-state index contributed by atoms with van der Waals surface area (Å²) in [6.45, 7) is 2.58. The van der Waals surface area contributed by atoms with E-state index in [4.69, 9.17) is 4.78 Å². The summed E-state index contributed by atoms with van der Waals surface area (Å²) in [6.07, 6.45) is 2.12. The number of hydroxylamine groups is 1. The van der Waals surface area contributed by atoms with Gasteiger partial charge in [-0.05, 0) is 6.42 Å². The maximum atomic E-state index is 10.4. The van der Waals surface area contributed by atoms with Crippen LogP contribution in [0.4, 0.5) is 0 Å². The predicted molar refractivity (Wildman–Crippen MR) is 36.2 cm³/mol. The Bertz CT molecular complexity index is 152. The van der Waals surface area contributed by atoms with E-state index in [2.05, 4.69) is 9.76 Å². The fourth-order valence-electron chi connectivity index (χ4n) is 0.256. The molecule has 0 saturated heterocycles. The highest BCUT2D eigenvalue weighted by atomic mass is 32.2. The normalized spacial score (nSPS) is 17.1. The molecule has 0 aromatic heterocycles. The van der Waals surface area contributed by atoms with Gasteiger partial charge in [-0.15, -0.1) is 0 Å². The van der Waals surface area contributed by atoms with Crippen LogP contribution in [0.15, 0.2) is 0 Å². The Balaban J connectivity index is 3.30. The van der Waals surface area contributed by atoms with Gasteiger partial charge in [0.05, 0.1) is 0 Å². The quantitative estimate of drug-likeness (QED) is 0.455. The molecule has 0 aliphatic heterocycles. The Labute approximate surface area is 55.7 Å². The molecule has 0 aliphatic carbocycles. The van der Waals surface area contributed by atoms with Crippen LogP contribution >= 0.6 is 0 Å². The largest absolute Gasteiger partial charge is 0.229 e. The van der Waals surface area contributed by atoms with Crippen molar-refractivity contribution in [1.29, 1.82) is 4.78 Å². The van der Waals surface area contributed by atoms with Crippen molar-refractivity contribution in [3.05, 3.63) is 0 Å². The standard InChI is InChI=1S/C4H12N2O2S/c1-3-4-6-8-9(2,5)7/h5-6H,3-4H2,1-2H3. The molecule has 0 spiro atoms. The first kappa shape index (κ1) is 8.87. The van der Waals surface area contributed by atoms with Gasteiger partial charge in [-0.2, -0.15) is 9.76 Å². The van der Waals surface area contributed by atoms with Crippen molar-refractivity contribution in [2.75, 3.05) is 12.8 Å². The highest BCUT2D eigenvalue weighted by Crippen LogP contribution is 1.82. The predicted octanol–water partition coefficient (Wildman–Crippen LogP) is 0.509. The average molecular weight is 152 g/mol. The Kier molecular flexibility index (Phi) is 3.76. The summed E-state index contributed by atoms with van der Waals surface area (Å²) in [4.78, 5) is 0. The van der Waals surface area contributed by atoms with Crippen molar-refractivity contribution in [3.8, 4) is 0 Å². The van der Waals surface area contributed by atoms with E-state index in [1.165, 1.54) is 6.26 Å². The summed E-state index contributed by atoms with van der Waals surface area (Å²) in [7, 11) is -2.81. The fourth-order valence-corrected chi connectivity index (χ4v) is 0.564. The van der Waals surface area contributed by atoms with Gasteiger partial charge in [-0.1, -0.05) is 6.92 Å². The molecule has 4 nitrogen and oxygen atoms in total. The Hall–Kier alpha value is -0.130. The van der Waals surface area contributed by atoms with Gasteiger partial charge in [0.15, 0.2) is 10.0 Å². The van der Waals surface area contributed by atoms with Gasteiger partial charge in [0.25, 0.3) is 0 Å². The molecule has 5 heteroatoms. The molecule has 1 unspecified atom stereocenters. The second-order valence-corrected chi connectivity index (χ2v) is 3.46. The van der Waals surface area contributed by atoms with Crippen molar-refractivity contribution < 1.29 is 8.49 Å². The van der Waals surface area contributed by atoms with Crippen molar-refractivity contribution in [3.63, 3.8) is 0 Å². The lowest BCUT2D eigenvalue weighted by Gasteiger charge is -2.01. The molecule has 1 atom stereocenters. The van der Waals surface area contributed by atoms with E-state index in [9.17, 15) is 4.21 Å². The molecule has 2 N–H and O–H groups in total. The molecule has 0 rings (SSSR count). The van der Waals surface area contributed by atoms with E-state index in [1.807, 2.05) is 6.92 Å². The maximum absolute atomic E-state index is 10.4. The molecule has 9 heavy (non-hydrogen) atoms. The first-order chi connectivity index (χ1) is 4.06. The summed E-state index contributed by atoms with van der Waals surface area (Å²) >= 11 is 0. The highest BCUT2D eigenvalue weighted by Gasteiger charge is 1.93. The van der Waals surface area contributed by atoms with Gasteiger partial charge < -0.3 is 0 Å². The molecule has 0 amide bonds. The Morgan fingerprint density at radius 3 is 2.67 bits per heavy atom. The first-order valence-electron chi connectivity index (χ1n) is 2.71. The van der Waals surface area contributed by atoms with E-state index < -0.39 is 10.0 Å². The lowest BCUT2D eigenvalue weighted by Crippen LogP contribution is -2.18. The lowest BCUT2D eigenvalue weighted by atomic mass is 10.5. The SMILES string of the molecule is CCCNOS(C)(=N)=O. The molecular formula is C4H12N2O2S. The highest BCUT2D eigenvalue weighted by molar-refractivity contribution is 7.86. The zero-order valence-corrected chi connectivity index (χ0v) is 6.46. The van der Waals surface area contributed by atoms with Crippen LogP contribution in [0.25, 0.3) is 0 Å². The number of hydrogen-bond acceptors (Lipinski definition) is 4. The maximum Gasteiger partial charge on any atom is 0.173 e. The Morgan fingerprint density at radius 1 is 1.78 bits per heavy atom. The van der Waals surface area contributed by atoms with Crippen molar-refractivity contribution >= 4 is 10.0 Å². The second kappa shape index (κ2) is 3.81. The third-order valence-corrected chi connectivity index (χ3v) is 1.01. The molecule has 0 aromatic rings. The molecule has 0 heterocycles. The monoisotopic (exact) mass is 152 g/mol. The van der Waals surface area contributed by atoms with Crippen molar-refractivity contribution in [2.45, 2.75) is 13.3 Å². The van der Waals surface area contributed by atoms with E-state index in [1.54, 1.807) is 0 Å². The third-order valence-electron chi connectivity index (χ3n) is 0.570. The average Bonchev–Trinajstić information content (AvgIpc) is 1.63. The van der Waals surface area contributed by atoms with E-state index in [-0.39, 0.29) is 0 Å². The zero-order valence-electron chi connectivity index (χ0n) is 5.64. The molecule has 0 aromatic carbocycles. The molecule has 0 saturated carbocycles. The van der Waals surface area contributed by atoms with Crippen molar-refractivity contribution in [2.24, 2.45) is 0 Å². The van der Waals surface area contributed by atoms with Crippen LogP contribution in [0.3, 0.4) is 0 Å². The molecule has 0 fully saturated rings. The number of nitrogens with one attached hydrogen (secondary N) is 2. The molecule has 0 aliphatic rings. The van der Waals surface area contributed by atoms with Gasteiger partial charge in [0, 0.05) is 12.8 Å². The van der Waals surface area contributed by atoms with Gasteiger partial charge in [0.2, 0.25) is 0 Å². The summed E-state index contributed by atoms with van der Waals surface area (Å²) in [6, 6.07) is 0. The van der Waals surface area contributed by atoms with Gasteiger partial charge in [0.1, 0.15) is 0 Å². The number of rotatable bonds is 4. The van der Waals surface area contributed by atoms with Crippen LogP contribution in [0, 0.1) is 4.78 Å². The smallest absolute Gasteiger partial charge is 0.173 e. The summed E-state index contributed by atoms with van der Waals surface area (Å²) in [5.74, 6) is 0. The lowest BCUT2D eigenvalue weighted by molar-refractivity contribution is 0.218. The van der Waals surface area contributed by atoms with Crippen LogP contribution < -0.4 is 5.48 Å². The first-order valence-corrected chi connectivity index (χ1v) is 4.60.